The third kappa shape index (κ3) is 9.62. The molecule has 0 saturated heterocycles. The summed E-state index contributed by atoms with van der Waals surface area (Å²) in [5.74, 6) is -1.57. The van der Waals surface area contributed by atoms with Crippen LogP contribution in [0.1, 0.15) is 31.4 Å². The molecule has 0 unspecified atom stereocenters. The molecule has 0 spiro atoms. The standard InChI is InChI=1S/C16H16ClN3O3.C16H14ClN3O2/c1-2-23-16(22)15(18)20-9-13(21)6-10-3-4-14-11(5-10)7-12(17)8-19-14;1-2-22-16(21)15-8-13(19-20-15)6-10-3-4-14-11(5-10)7-12(17)9-18-14/h3-5,7-8H,2,6,9H2,1H3,(H2,18,20);3-5,7,9H,2,6,8H2,1H3. The molecule has 3 heterocycles. The number of Topliss-reactive ketones (excluding diaryl/α,β-unsaturated/α-hetero) is 1. The number of carbonyl (C=O) groups is 3. The van der Waals surface area contributed by atoms with Crippen LogP contribution in [0.15, 0.2) is 76.1 Å². The number of ketones is 1. The first-order valence-electron chi connectivity index (χ1n) is 14.0. The van der Waals surface area contributed by atoms with Gasteiger partial charge in [0.05, 0.1) is 40.0 Å². The molecule has 0 radical (unpaired) electrons. The summed E-state index contributed by atoms with van der Waals surface area (Å²) < 4.78 is 9.62. The second-order valence-electron chi connectivity index (χ2n) is 9.79. The summed E-state index contributed by atoms with van der Waals surface area (Å²) in [5.41, 5.74) is 10.2. The molecule has 0 saturated carbocycles. The molecule has 232 valence electrons. The van der Waals surface area contributed by atoms with Crippen molar-refractivity contribution in [2.24, 2.45) is 20.9 Å². The maximum atomic E-state index is 11.9. The fourth-order valence-electron chi connectivity index (χ4n) is 4.31. The number of nitrogens with two attached hydrogens (primary N) is 1. The van der Waals surface area contributed by atoms with E-state index in [2.05, 4.69) is 29.9 Å². The van der Waals surface area contributed by atoms with E-state index in [0.29, 0.717) is 35.2 Å². The summed E-state index contributed by atoms with van der Waals surface area (Å²) in [6.45, 7) is 3.80. The summed E-state index contributed by atoms with van der Waals surface area (Å²) >= 11 is 11.9. The zero-order valence-electron chi connectivity index (χ0n) is 24.6. The van der Waals surface area contributed by atoms with Crippen LogP contribution in [0, 0.1) is 0 Å². The highest BCUT2D eigenvalue weighted by atomic mass is 35.5. The Labute approximate surface area is 269 Å². The van der Waals surface area contributed by atoms with E-state index in [-0.39, 0.29) is 31.2 Å². The summed E-state index contributed by atoms with van der Waals surface area (Å²) in [7, 11) is 0. The smallest absolute Gasteiger partial charge is 0.373 e. The first kappa shape index (κ1) is 33.2. The van der Waals surface area contributed by atoms with Gasteiger partial charge in [0.15, 0.2) is 11.5 Å². The number of pyridine rings is 2. The number of nitrogens with zero attached hydrogens (tertiary/aromatic N) is 5. The van der Waals surface area contributed by atoms with Crippen molar-refractivity contribution >= 4 is 80.0 Å². The van der Waals surface area contributed by atoms with Crippen molar-refractivity contribution in [1.29, 1.82) is 0 Å². The lowest BCUT2D eigenvalue weighted by atomic mass is 10.0. The van der Waals surface area contributed by atoms with Crippen molar-refractivity contribution in [2.45, 2.75) is 33.1 Å². The number of halogens is 2. The quantitative estimate of drug-likeness (QED) is 0.149. The molecule has 0 fully saturated rings. The summed E-state index contributed by atoms with van der Waals surface area (Å²) in [4.78, 5) is 47.0. The molecule has 0 amide bonds. The third-order valence-corrected chi connectivity index (χ3v) is 6.75. The van der Waals surface area contributed by atoms with Crippen LogP contribution >= 0.6 is 23.2 Å². The molecule has 1 aliphatic rings. The summed E-state index contributed by atoms with van der Waals surface area (Å²) in [6, 6.07) is 15.1. The molecule has 45 heavy (non-hydrogen) atoms. The number of hydrogen-bond acceptors (Lipinski definition) is 10. The normalized spacial score (nSPS) is 12.7. The van der Waals surface area contributed by atoms with Gasteiger partial charge in [-0.3, -0.25) is 19.8 Å². The molecule has 1 aliphatic heterocycles. The molecule has 2 aromatic heterocycles. The highest BCUT2D eigenvalue weighted by Gasteiger charge is 2.20. The van der Waals surface area contributed by atoms with Crippen LogP contribution in [-0.4, -0.2) is 64.7 Å². The average molecular weight is 650 g/mol. The topological polar surface area (TPSA) is 159 Å². The Balaban J connectivity index is 0.000000205. The van der Waals surface area contributed by atoms with Gasteiger partial charge in [0, 0.05) is 42.4 Å². The van der Waals surface area contributed by atoms with Crippen LogP contribution in [-0.2, 0) is 36.7 Å². The van der Waals surface area contributed by atoms with E-state index in [9.17, 15) is 14.4 Å². The Morgan fingerprint density at radius 2 is 1.44 bits per heavy atom. The maximum Gasteiger partial charge on any atom is 0.373 e. The Kier molecular flexibility index (Phi) is 11.7. The molecule has 13 heteroatoms. The van der Waals surface area contributed by atoms with Crippen LogP contribution in [0.5, 0.6) is 0 Å². The Bertz CT molecular complexity index is 1840. The van der Waals surface area contributed by atoms with E-state index < -0.39 is 11.9 Å². The Morgan fingerprint density at radius 3 is 2.07 bits per heavy atom. The van der Waals surface area contributed by atoms with Crippen LogP contribution in [0.25, 0.3) is 21.8 Å². The molecule has 2 N–H and O–H groups in total. The molecule has 5 rings (SSSR count). The number of aromatic nitrogens is 2. The van der Waals surface area contributed by atoms with Gasteiger partial charge >= 0.3 is 11.9 Å². The Morgan fingerprint density at radius 1 is 0.844 bits per heavy atom. The first-order valence-corrected chi connectivity index (χ1v) is 14.8. The number of aliphatic imine (C=N–C) groups is 1. The van der Waals surface area contributed by atoms with Gasteiger partial charge in [-0.05, 0) is 61.4 Å². The number of fused-ring (bicyclic) bond motifs is 2. The predicted molar refractivity (Wildman–Crippen MR) is 175 cm³/mol. The zero-order valence-corrected chi connectivity index (χ0v) is 26.1. The van der Waals surface area contributed by atoms with E-state index in [0.717, 1.165) is 38.6 Å². The molecule has 4 aromatic rings. The lowest BCUT2D eigenvalue weighted by molar-refractivity contribution is -0.136. The number of benzene rings is 2. The number of esters is 2. The zero-order chi connectivity index (χ0) is 32.3. The first-order chi connectivity index (χ1) is 21.6. The fourth-order valence-corrected chi connectivity index (χ4v) is 4.64. The summed E-state index contributed by atoms with van der Waals surface area (Å²) in [6.07, 6.45) is 4.45. The van der Waals surface area contributed by atoms with Crippen molar-refractivity contribution < 1.29 is 23.9 Å². The SMILES string of the molecule is CCOC(=O)C(N)=NCC(=O)Cc1ccc2ncc(Cl)cc2c1.CCOC(=O)C1=NN=C(Cc2ccc3ncc(Cl)cc3c2)C1. The van der Waals surface area contributed by atoms with E-state index in [1.807, 2.05) is 42.5 Å². The van der Waals surface area contributed by atoms with E-state index in [1.54, 1.807) is 32.3 Å². The highest BCUT2D eigenvalue weighted by Crippen LogP contribution is 2.20. The van der Waals surface area contributed by atoms with Gasteiger partial charge < -0.3 is 15.2 Å². The van der Waals surface area contributed by atoms with Gasteiger partial charge in [-0.1, -0.05) is 35.3 Å². The van der Waals surface area contributed by atoms with Crippen molar-refractivity contribution in [3.63, 3.8) is 0 Å². The number of ether oxygens (including phenoxy) is 2. The minimum atomic E-state index is -0.716. The lowest BCUT2D eigenvalue weighted by Gasteiger charge is -2.04. The molecule has 11 nitrogen and oxygen atoms in total. The number of carbonyl (C=O) groups excluding carboxylic acids is 3. The van der Waals surface area contributed by atoms with Gasteiger partial charge in [0.25, 0.3) is 0 Å². The minimum Gasteiger partial charge on any atom is -0.461 e. The molecule has 0 bridgehead atoms. The largest absolute Gasteiger partial charge is 0.461 e. The van der Waals surface area contributed by atoms with Crippen molar-refractivity contribution in [1.82, 2.24) is 9.97 Å². The highest BCUT2D eigenvalue weighted by molar-refractivity contribution is 6.41. The molecular weight excluding hydrogens is 619 g/mol. The van der Waals surface area contributed by atoms with Crippen molar-refractivity contribution in [3.8, 4) is 0 Å². The number of hydrogen-bond donors (Lipinski definition) is 1. The molecule has 0 aliphatic carbocycles. The molecular formula is C32H30Cl2N6O5. The minimum absolute atomic E-state index is 0.161. The van der Waals surface area contributed by atoms with Gasteiger partial charge in [-0.25, -0.2) is 9.59 Å². The van der Waals surface area contributed by atoms with Gasteiger partial charge in [0.2, 0.25) is 5.84 Å². The van der Waals surface area contributed by atoms with Gasteiger partial charge in [-0.15, -0.1) is 5.10 Å². The average Bonchev–Trinajstić information content (AvgIpc) is 3.48. The van der Waals surface area contributed by atoms with Gasteiger partial charge in [-0.2, -0.15) is 5.10 Å². The fraction of sp³-hybridized carbons (Fsp3) is 0.250. The number of amidine groups is 1. The van der Waals surface area contributed by atoms with E-state index >= 15 is 0 Å². The summed E-state index contributed by atoms with van der Waals surface area (Å²) in [5, 5.41) is 11.0. The van der Waals surface area contributed by atoms with Crippen LogP contribution in [0.2, 0.25) is 10.0 Å². The molecule has 0 atom stereocenters. The second kappa shape index (κ2) is 15.8. The monoisotopic (exact) mass is 648 g/mol. The predicted octanol–water partition coefficient (Wildman–Crippen LogP) is 5.11. The lowest BCUT2D eigenvalue weighted by Crippen LogP contribution is -2.27. The second-order valence-corrected chi connectivity index (χ2v) is 10.7. The third-order valence-electron chi connectivity index (χ3n) is 6.34. The number of rotatable bonds is 9. The van der Waals surface area contributed by atoms with E-state index in [4.69, 9.17) is 33.7 Å². The van der Waals surface area contributed by atoms with Crippen LogP contribution in [0.4, 0.5) is 0 Å². The van der Waals surface area contributed by atoms with E-state index in [1.165, 1.54) is 0 Å². The Hall–Kier alpha value is -4.74. The van der Waals surface area contributed by atoms with Gasteiger partial charge in [0.1, 0.15) is 6.54 Å². The van der Waals surface area contributed by atoms with Crippen LogP contribution < -0.4 is 5.73 Å². The van der Waals surface area contributed by atoms with Crippen LogP contribution in [0.3, 0.4) is 0 Å². The maximum absolute atomic E-state index is 11.9. The van der Waals surface area contributed by atoms with Crippen molar-refractivity contribution in [3.05, 3.63) is 82.1 Å². The van der Waals surface area contributed by atoms with Crippen molar-refractivity contribution in [2.75, 3.05) is 19.8 Å². The molecule has 2 aromatic carbocycles.